The number of carbonyl (C=O) groups excluding carboxylic acids is 2. The van der Waals surface area contributed by atoms with Gasteiger partial charge in [-0.1, -0.05) is 19.3 Å². The Hall–Kier alpha value is -1.59. The third-order valence-electron chi connectivity index (χ3n) is 4.24. The summed E-state index contributed by atoms with van der Waals surface area (Å²) in [5, 5.41) is 9.14. The van der Waals surface area contributed by atoms with Gasteiger partial charge in [0.1, 0.15) is 0 Å². The van der Waals surface area contributed by atoms with Gasteiger partial charge in [-0.2, -0.15) is 0 Å². The summed E-state index contributed by atoms with van der Waals surface area (Å²) in [6.07, 6.45) is 4.72. The highest BCUT2D eigenvalue weighted by molar-refractivity contribution is 5.84. The summed E-state index contributed by atoms with van der Waals surface area (Å²) in [7, 11) is 0. The Bertz CT molecular complexity index is 400. The van der Waals surface area contributed by atoms with E-state index < -0.39 is 17.3 Å². The molecule has 1 aliphatic rings. The maximum Gasteiger partial charge on any atom is 0.303 e. The largest absolute Gasteiger partial charge is 0.481 e. The number of rotatable bonds is 7. The third-order valence-corrected chi connectivity index (χ3v) is 4.24. The van der Waals surface area contributed by atoms with E-state index in [9.17, 15) is 14.4 Å². The van der Waals surface area contributed by atoms with Crippen LogP contribution >= 0.6 is 0 Å². The standard InChI is InChI=1S/C15H26N2O4/c1-11(2)17(10-12(16)18)13(19)8-15(9-14(20)21)6-4-3-5-7-15/h11H,3-10H2,1-2H3,(H2,16,18)(H,20,21). The SMILES string of the molecule is CC(C)N(CC(N)=O)C(=O)CC1(CC(=O)O)CCCCC1. The summed E-state index contributed by atoms with van der Waals surface area (Å²) in [5.74, 6) is -1.59. The number of primary amides is 1. The Morgan fingerprint density at radius 2 is 1.71 bits per heavy atom. The maximum absolute atomic E-state index is 12.5. The van der Waals surface area contributed by atoms with Gasteiger partial charge in [0.05, 0.1) is 13.0 Å². The van der Waals surface area contributed by atoms with Crippen LogP contribution in [-0.4, -0.2) is 40.4 Å². The van der Waals surface area contributed by atoms with E-state index in [1.54, 1.807) is 0 Å². The first-order valence-corrected chi connectivity index (χ1v) is 7.55. The third kappa shape index (κ3) is 5.36. The number of carboxylic acid groups (broad SMARTS) is 1. The Kier molecular flexibility index (Phi) is 6.18. The van der Waals surface area contributed by atoms with Crippen LogP contribution in [-0.2, 0) is 14.4 Å². The first-order valence-electron chi connectivity index (χ1n) is 7.55. The number of nitrogens with zero attached hydrogens (tertiary/aromatic N) is 1. The molecule has 0 aromatic carbocycles. The van der Waals surface area contributed by atoms with Crippen molar-refractivity contribution in [3.8, 4) is 0 Å². The first-order chi connectivity index (χ1) is 9.76. The van der Waals surface area contributed by atoms with Crippen LogP contribution in [0.1, 0.15) is 58.8 Å². The summed E-state index contributed by atoms with van der Waals surface area (Å²) in [6, 6.07) is -0.129. The quantitative estimate of drug-likeness (QED) is 0.744. The summed E-state index contributed by atoms with van der Waals surface area (Å²) in [5.41, 5.74) is 4.72. The predicted molar refractivity (Wildman–Crippen MR) is 78.4 cm³/mol. The summed E-state index contributed by atoms with van der Waals surface area (Å²) >= 11 is 0. The molecule has 0 radical (unpaired) electrons. The van der Waals surface area contributed by atoms with E-state index in [-0.39, 0.29) is 31.3 Å². The highest BCUT2D eigenvalue weighted by atomic mass is 16.4. The van der Waals surface area contributed by atoms with Crippen molar-refractivity contribution in [2.75, 3.05) is 6.54 Å². The van der Waals surface area contributed by atoms with Crippen LogP contribution in [0.2, 0.25) is 0 Å². The number of hydrogen-bond donors (Lipinski definition) is 2. The molecule has 1 fully saturated rings. The first kappa shape index (κ1) is 17.5. The van der Waals surface area contributed by atoms with E-state index in [4.69, 9.17) is 10.8 Å². The van der Waals surface area contributed by atoms with Gasteiger partial charge in [-0.25, -0.2) is 0 Å². The van der Waals surface area contributed by atoms with Crippen LogP contribution < -0.4 is 5.73 Å². The van der Waals surface area contributed by atoms with Crippen molar-refractivity contribution in [2.45, 2.75) is 64.8 Å². The molecule has 0 atom stereocenters. The molecule has 21 heavy (non-hydrogen) atoms. The second kappa shape index (κ2) is 7.43. The minimum atomic E-state index is -0.865. The van der Waals surface area contributed by atoms with Crippen molar-refractivity contribution < 1.29 is 19.5 Å². The molecule has 1 rings (SSSR count). The average Bonchev–Trinajstić information content (AvgIpc) is 2.35. The zero-order valence-corrected chi connectivity index (χ0v) is 12.9. The van der Waals surface area contributed by atoms with Crippen molar-refractivity contribution >= 4 is 17.8 Å². The number of aliphatic carboxylic acids is 1. The van der Waals surface area contributed by atoms with Gasteiger partial charge < -0.3 is 15.7 Å². The van der Waals surface area contributed by atoms with Gasteiger partial charge in [-0.05, 0) is 32.1 Å². The van der Waals surface area contributed by atoms with Crippen LogP contribution in [0.15, 0.2) is 0 Å². The molecule has 0 unspecified atom stereocenters. The van der Waals surface area contributed by atoms with E-state index in [1.165, 1.54) is 4.90 Å². The number of carboxylic acids is 1. The lowest BCUT2D eigenvalue weighted by Gasteiger charge is -2.37. The molecule has 1 aliphatic carbocycles. The minimum absolute atomic E-state index is 0.0151. The molecule has 3 N–H and O–H groups in total. The molecule has 1 saturated carbocycles. The van der Waals surface area contributed by atoms with E-state index in [0.717, 1.165) is 32.1 Å². The molecule has 0 aromatic rings. The lowest BCUT2D eigenvalue weighted by atomic mass is 9.69. The number of hydrogen-bond acceptors (Lipinski definition) is 3. The summed E-state index contributed by atoms with van der Waals surface area (Å²) < 4.78 is 0. The van der Waals surface area contributed by atoms with Crippen molar-refractivity contribution in [1.29, 1.82) is 0 Å². The molecule has 2 amide bonds. The second-order valence-corrected chi connectivity index (χ2v) is 6.39. The Morgan fingerprint density at radius 3 is 2.14 bits per heavy atom. The Balaban J connectivity index is 2.82. The fourth-order valence-corrected chi connectivity index (χ4v) is 3.19. The van der Waals surface area contributed by atoms with Gasteiger partial charge in [-0.15, -0.1) is 0 Å². The lowest BCUT2D eigenvalue weighted by Crippen LogP contribution is -2.45. The normalized spacial score (nSPS) is 17.5. The highest BCUT2D eigenvalue weighted by Crippen LogP contribution is 2.42. The molecule has 0 aliphatic heterocycles. The molecule has 6 nitrogen and oxygen atoms in total. The van der Waals surface area contributed by atoms with E-state index in [2.05, 4.69) is 0 Å². The van der Waals surface area contributed by atoms with Gasteiger partial charge in [0, 0.05) is 12.5 Å². The highest BCUT2D eigenvalue weighted by Gasteiger charge is 2.38. The molecule has 0 spiro atoms. The molecular weight excluding hydrogens is 272 g/mol. The van der Waals surface area contributed by atoms with E-state index >= 15 is 0 Å². The Labute approximate surface area is 125 Å². The van der Waals surface area contributed by atoms with Crippen molar-refractivity contribution in [3.05, 3.63) is 0 Å². The summed E-state index contributed by atoms with van der Waals surface area (Å²) in [6.45, 7) is 3.54. The smallest absolute Gasteiger partial charge is 0.303 e. The van der Waals surface area contributed by atoms with Gasteiger partial charge in [-0.3, -0.25) is 14.4 Å². The minimum Gasteiger partial charge on any atom is -0.481 e. The lowest BCUT2D eigenvalue weighted by molar-refractivity contribution is -0.144. The number of amides is 2. The van der Waals surface area contributed by atoms with Crippen LogP contribution in [0.3, 0.4) is 0 Å². The Morgan fingerprint density at radius 1 is 1.14 bits per heavy atom. The molecule has 6 heteroatoms. The van der Waals surface area contributed by atoms with Crippen LogP contribution in [0, 0.1) is 5.41 Å². The van der Waals surface area contributed by atoms with E-state index in [0.29, 0.717) is 0 Å². The fourth-order valence-electron chi connectivity index (χ4n) is 3.19. The maximum atomic E-state index is 12.5. The van der Waals surface area contributed by atoms with Crippen molar-refractivity contribution in [3.63, 3.8) is 0 Å². The average molecular weight is 298 g/mol. The number of carbonyl (C=O) groups is 3. The van der Waals surface area contributed by atoms with Gasteiger partial charge in [0.2, 0.25) is 11.8 Å². The van der Waals surface area contributed by atoms with Crippen LogP contribution in [0.25, 0.3) is 0 Å². The summed E-state index contributed by atoms with van der Waals surface area (Å²) in [4.78, 5) is 36.2. The monoisotopic (exact) mass is 298 g/mol. The van der Waals surface area contributed by atoms with Crippen LogP contribution in [0.4, 0.5) is 0 Å². The van der Waals surface area contributed by atoms with E-state index in [1.807, 2.05) is 13.8 Å². The van der Waals surface area contributed by atoms with Gasteiger partial charge >= 0.3 is 5.97 Å². The van der Waals surface area contributed by atoms with Crippen LogP contribution in [0.5, 0.6) is 0 Å². The topological polar surface area (TPSA) is 101 Å². The molecule has 0 aromatic heterocycles. The predicted octanol–water partition coefficient (Wildman–Crippen LogP) is 1.52. The fraction of sp³-hybridized carbons (Fsp3) is 0.800. The van der Waals surface area contributed by atoms with Crippen molar-refractivity contribution in [2.24, 2.45) is 11.1 Å². The second-order valence-electron chi connectivity index (χ2n) is 6.39. The molecule has 120 valence electrons. The zero-order chi connectivity index (χ0) is 16.0. The molecular formula is C15H26N2O4. The molecule has 0 saturated heterocycles. The molecule has 0 bridgehead atoms. The van der Waals surface area contributed by atoms with Gasteiger partial charge in [0.15, 0.2) is 0 Å². The van der Waals surface area contributed by atoms with Crippen molar-refractivity contribution in [1.82, 2.24) is 4.90 Å². The number of nitrogens with two attached hydrogens (primary N) is 1. The van der Waals surface area contributed by atoms with Gasteiger partial charge in [0.25, 0.3) is 0 Å². The molecule has 0 heterocycles. The zero-order valence-electron chi connectivity index (χ0n) is 12.9.